The van der Waals surface area contributed by atoms with Gasteiger partial charge < -0.3 is 0 Å². The van der Waals surface area contributed by atoms with Crippen LogP contribution in [-0.2, 0) is 0 Å². The molecule has 0 saturated carbocycles. The summed E-state index contributed by atoms with van der Waals surface area (Å²) in [5, 5.41) is 0. The highest BCUT2D eigenvalue weighted by atomic mass is 14.0. The first-order valence-corrected chi connectivity index (χ1v) is 9.06. The van der Waals surface area contributed by atoms with Gasteiger partial charge in [0.1, 0.15) is 0 Å². The molecule has 0 aromatic heterocycles. The molecule has 0 aliphatic heterocycles. The number of unbranched alkanes of at least 4 members (excludes halogenated alkanes) is 13. The molecule has 0 aromatic rings. The predicted molar refractivity (Wildman–Crippen MR) is 89.7 cm³/mol. The number of hydrogen-bond donors (Lipinski definition) is 0. The van der Waals surface area contributed by atoms with E-state index in [0.717, 1.165) is 0 Å². The summed E-state index contributed by atoms with van der Waals surface area (Å²) in [5.74, 6) is 0. The van der Waals surface area contributed by atoms with E-state index in [9.17, 15) is 0 Å². The van der Waals surface area contributed by atoms with E-state index in [1.165, 1.54) is 96.3 Å². The van der Waals surface area contributed by atoms with Crippen molar-refractivity contribution >= 4 is 0 Å². The Morgan fingerprint density at radius 2 is 0.895 bits per heavy atom. The number of rotatable bonds is 15. The van der Waals surface area contributed by atoms with Crippen LogP contribution in [0.5, 0.6) is 0 Å². The first-order valence-electron chi connectivity index (χ1n) is 9.06. The maximum Gasteiger partial charge on any atom is -0.0351 e. The van der Waals surface area contributed by atoms with Crippen molar-refractivity contribution in [1.82, 2.24) is 0 Å². The van der Waals surface area contributed by atoms with Crippen LogP contribution in [0.4, 0.5) is 0 Å². The molecule has 0 saturated heterocycles. The van der Waals surface area contributed by atoms with Crippen LogP contribution in [-0.4, -0.2) is 0 Å². The molecule has 0 heteroatoms. The standard InChI is InChI=1S/C19H38/c1-3-5-7-9-11-13-15-17-19-18-16-14-12-10-8-6-4-2/h5,7H,3-4,6,8-19H2,1-2H3. The summed E-state index contributed by atoms with van der Waals surface area (Å²) in [7, 11) is 0. The fourth-order valence-corrected chi connectivity index (χ4v) is 2.56. The summed E-state index contributed by atoms with van der Waals surface area (Å²) in [4.78, 5) is 0. The van der Waals surface area contributed by atoms with Crippen LogP contribution in [0.1, 0.15) is 110 Å². The second-order valence-corrected chi connectivity index (χ2v) is 5.91. The van der Waals surface area contributed by atoms with Crippen molar-refractivity contribution in [2.45, 2.75) is 110 Å². The predicted octanol–water partition coefficient (Wildman–Crippen LogP) is 7.43. The van der Waals surface area contributed by atoms with Crippen LogP contribution >= 0.6 is 0 Å². The largest absolute Gasteiger partial charge is 0.0888 e. The first kappa shape index (κ1) is 18.7. The Labute approximate surface area is 123 Å². The van der Waals surface area contributed by atoms with Gasteiger partial charge in [-0.05, 0) is 19.3 Å². The van der Waals surface area contributed by atoms with Crippen LogP contribution in [0, 0.1) is 0 Å². The molecule has 0 spiro atoms. The van der Waals surface area contributed by atoms with Crippen LogP contribution in [0.25, 0.3) is 0 Å². The van der Waals surface area contributed by atoms with Gasteiger partial charge in [-0.25, -0.2) is 0 Å². The van der Waals surface area contributed by atoms with E-state index in [1.807, 2.05) is 0 Å². The summed E-state index contributed by atoms with van der Waals surface area (Å²) in [5.41, 5.74) is 0. The molecule has 0 atom stereocenters. The molecule has 0 nitrogen and oxygen atoms in total. The fourth-order valence-electron chi connectivity index (χ4n) is 2.56. The molecule has 114 valence electrons. The van der Waals surface area contributed by atoms with Gasteiger partial charge in [-0.3, -0.25) is 0 Å². The van der Waals surface area contributed by atoms with Gasteiger partial charge in [0.15, 0.2) is 0 Å². The third-order valence-electron chi connectivity index (χ3n) is 3.88. The maximum absolute atomic E-state index is 2.35. The SMILES string of the molecule is CCC=CCCCCCCCCCCCCCCC. The van der Waals surface area contributed by atoms with Crippen molar-refractivity contribution < 1.29 is 0 Å². The Morgan fingerprint density at radius 3 is 1.32 bits per heavy atom. The van der Waals surface area contributed by atoms with Crippen LogP contribution in [0.15, 0.2) is 12.2 Å². The average molecular weight is 267 g/mol. The molecule has 0 unspecified atom stereocenters. The van der Waals surface area contributed by atoms with E-state index in [-0.39, 0.29) is 0 Å². The van der Waals surface area contributed by atoms with E-state index in [0.29, 0.717) is 0 Å². The lowest BCUT2D eigenvalue weighted by Gasteiger charge is -2.02. The minimum atomic E-state index is 1.19. The van der Waals surface area contributed by atoms with E-state index in [1.54, 1.807) is 0 Å². The zero-order chi connectivity index (χ0) is 14.0. The zero-order valence-electron chi connectivity index (χ0n) is 13.8. The molecule has 0 bridgehead atoms. The van der Waals surface area contributed by atoms with Crippen molar-refractivity contribution in [3.05, 3.63) is 12.2 Å². The molecular weight excluding hydrogens is 228 g/mol. The Morgan fingerprint density at radius 1 is 0.474 bits per heavy atom. The molecule has 0 aliphatic carbocycles. The van der Waals surface area contributed by atoms with Gasteiger partial charge in [0.2, 0.25) is 0 Å². The fraction of sp³-hybridized carbons (Fsp3) is 0.895. The monoisotopic (exact) mass is 266 g/mol. The van der Waals surface area contributed by atoms with Gasteiger partial charge in [0.25, 0.3) is 0 Å². The van der Waals surface area contributed by atoms with E-state index in [4.69, 9.17) is 0 Å². The lowest BCUT2D eigenvalue weighted by atomic mass is 10.0. The topological polar surface area (TPSA) is 0 Å². The van der Waals surface area contributed by atoms with Gasteiger partial charge in [0, 0.05) is 0 Å². The Bertz CT molecular complexity index is 169. The normalized spacial score (nSPS) is 11.5. The van der Waals surface area contributed by atoms with Crippen LogP contribution in [0.2, 0.25) is 0 Å². The second kappa shape index (κ2) is 17.7. The van der Waals surface area contributed by atoms with Crippen molar-refractivity contribution in [2.75, 3.05) is 0 Å². The molecule has 0 heterocycles. The highest BCUT2D eigenvalue weighted by molar-refractivity contribution is 4.79. The first-order chi connectivity index (χ1) is 9.41. The lowest BCUT2D eigenvalue weighted by Crippen LogP contribution is -1.82. The van der Waals surface area contributed by atoms with E-state index < -0.39 is 0 Å². The summed E-state index contributed by atoms with van der Waals surface area (Å²) in [6, 6.07) is 0. The van der Waals surface area contributed by atoms with E-state index >= 15 is 0 Å². The van der Waals surface area contributed by atoms with Crippen molar-refractivity contribution in [1.29, 1.82) is 0 Å². The summed E-state index contributed by atoms with van der Waals surface area (Å²) >= 11 is 0. The number of allylic oxidation sites excluding steroid dienone is 2. The van der Waals surface area contributed by atoms with Gasteiger partial charge in [-0.2, -0.15) is 0 Å². The number of hydrogen-bond acceptors (Lipinski definition) is 0. The molecule has 0 aliphatic rings. The van der Waals surface area contributed by atoms with Crippen LogP contribution in [0.3, 0.4) is 0 Å². The molecule has 0 amide bonds. The molecule has 0 fully saturated rings. The second-order valence-electron chi connectivity index (χ2n) is 5.91. The smallest absolute Gasteiger partial charge is 0.0351 e. The van der Waals surface area contributed by atoms with Gasteiger partial charge in [-0.15, -0.1) is 0 Å². The third-order valence-corrected chi connectivity index (χ3v) is 3.88. The molecule has 19 heavy (non-hydrogen) atoms. The molecular formula is C19H38. The minimum absolute atomic E-state index is 1.19. The molecule has 0 radical (unpaired) electrons. The van der Waals surface area contributed by atoms with Gasteiger partial charge in [0.05, 0.1) is 0 Å². The van der Waals surface area contributed by atoms with Crippen LogP contribution < -0.4 is 0 Å². The third kappa shape index (κ3) is 17.7. The Hall–Kier alpha value is -0.260. The average Bonchev–Trinajstić information content (AvgIpc) is 2.43. The molecule has 0 rings (SSSR count). The summed E-state index contributed by atoms with van der Waals surface area (Å²) in [6.45, 7) is 4.50. The quantitative estimate of drug-likeness (QED) is 0.213. The highest BCUT2D eigenvalue weighted by Gasteiger charge is 1.93. The lowest BCUT2D eigenvalue weighted by molar-refractivity contribution is 0.540. The van der Waals surface area contributed by atoms with Crippen molar-refractivity contribution in [3.8, 4) is 0 Å². The van der Waals surface area contributed by atoms with Gasteiger partial charge >= 0.3 is 0 Å². The summed E-state index contributed by atoms with van der Waals surface area (Å²) < 4.78 is 0. The van der Waals surface area contributed by atoms with E-state index in [2.05, 4.69) is 26.0 Å². The zero-order valence-corrected chi connectivity index (χ0v) is 13.8. The highest BCUT2D eigenvalue weighted by Crippen LogP contribution is 2.12. The molecule has 0 aromatic carbocycles. The maximum atomic E-state index is 2.35. The Kier molecular flexibility index (Phi) is 17.5. The van der Waals surface area contributed by atoms with Crippen molar-refractivity contribution in [3.63, 3.8) is 0 Å². The van der Waals surface area contributed by atoms with Crippen molar-refractivity contribution in [2.24, 2.45) is 0 Å². The minimum Gasteiger partial charge on any atom is -0.0888 e. The molecule has 0 N–H and O–H groups in total. The van der Waals surface area contributed by atoms with Gasteiger partial charge in [-0.1, -0.05) is 103 Å². The Balaban J connectivity index is 2.93. The summed E-state index contributed by atoms with van der Waals surface area (Å²) in [6.07, 6.45) is 26.0.